The third-order valence-electron chi connectivity index (χ3n) is 4.78. The number of amides is 1. The molecule has 2 aromatic carbocycles. The summed E-state index contributed by atoms with van der Waals surface area (Å²) in [6.07, 6.45) is 1.28. The summed E-state index contributed by atoms with van der Waals surface area (Å²) in [6.45, 7) is 3.22. The normalized spacial score (nSPS) is 12.5. The van der Waals surface area contributed by atoms with Crippen LogP contribution in [-0.4, -0.2) is 46.0 Å². The molecule has 0 saturated heterocycles. The second-order valence-corrected chi connectivity index (χ2v) is 7.73. The molecule has 3 aromatic rings. The minimum atomic E-state index is -2.49. The quantitative estimate of drug-likeness (QED) is 0.303. The molecular weight excluding hydrogens is 483 g/mol. The number of likely N-dealkylation sites (N-methyl/N-ethyl adjacent to an activating group) is 1. The minimum absolute atomic E-state index is 0.0587. The zero-order valence-corrected chi connectivity index (χ0v) is 20.1. The molecule has 1 unspecified atom stereocenters. The molecule has 0 fully saturated rings. The lowest BCUT2D eigenvalue weighted by Crippen LogP contribution is -2.56. The Morgan fingerprint density at radius 2 is 1.91 bits per heavy atom. The number of nitrogens with zero attached hydrogens (tertiary/aromatic N) is 4. The van der Waals surface area contributed by atoms with Crippen LogP contribution in [-0.2, 0) is 14.4 Å². The SMILES string of the molecule is CCC(=O)C(C#N)(Oc1cc(Oc2cnc3cc(Cl)ccc3n2)ccc1Cl)C(=O)N(CC)OC. The fraction of sp³-hybridized carbons (Fsp3) is 0.261. The molecule has 0 bridgehead atoms. The molecule has 11 heteroatoms. The Morgan fingerprint density at radius 1 is 1.15 bits per heavy atom. The Balaban J connectivity index is 1.96. The van der Waals surface area contributed by atoms with E-state index in [1.54, 1.807) is 31.2 Å². The van der Waals surface area contributed by atoms with E-state index in [0.29, 0.717) is 16.1 Å². The lowest BCUT2D eigenvalue weighted by molar-refractivity contribution is -0.188. The maximum Gasteiger partial charge on any atom is 0.332 e. The van der Waals surface area contributed by atoms with Crippen molar-refractivity contribution in [3.05, 3.63) is 52.6 Å². The summed E-state index contributed by atoms with van der Waals surface area (Å²) in [6, 6.07) is 11.1. The van der Waals surface area contributed by atoms with Crippen LogP contribution >= 0.6 is 23.2 Å². The smallest absolute Gasteiger partial charge is 0.332 e. The van der Waals surface area contributed by atoms with Crippen molar-refractivity contribution in [3.63, 3.8) is 0 Å². The summed E-state index contributed by atoms with van der Waals surface area (Å²) >= 11 is 12.2. The number of carbonyl (C=O) groups excluding carboxylic acids is 2. The highest BCUT2D eigenvalue weighted by atomic mass is 35.5. The van der Waals surface area contributed by atoms with Gasteiger partial charge in [0.05, 0.1) is 29.4 Å². The number of hydroxylamine groups is 2. The lowest BCUT2D eigenvalue weighted by Gasteiger charge is -2.29. The molecule has 3 rings (SSSR count). The van der Waals surface area contributed by atoms with Gasteiger partial charge in [-0.05, 0) is 37.3 Å². The van der Waals surface area contributed by atoms with Crippen molar-refractivity contribution < 1.29 is 23.9 Å². The summed E-state index contributed by atoms with van der Waals surface area (Å²) in [5.41, 5.74) is -1.34. The van der Waals surface area contributed by atoms with Crippen molar-refractivity contribution in [1.29, 1.82) is 5.26 Å². The monoisotopic (exact) mass is 502 g/mol. The van der Waals surface area contributed by atoms with Crippen LogP contribution in [0.2, 0.25) is 10.0 Å². The third kappa shape index (κ3) is 5.04. The zero-order valence-electron chi connectivity index (χ0n) is 18.5. The van der Waals surface area contributed by atoms with E-state index in [9.17, 15) is 14.9 Å². The first-order valence-corrected chi connectivity index (χ1v) is 10.9. The van der Waals surface area contributed by atoms with E-state index in [2.05, 4.69) is 9.97 Å². The van der Waals surface area contributed by atoms with Crippen LogP contribution in [0, 0.1) is 11.3 Å². The number of Topliss-reactive ketones (excluding diaryl/α,β-unsaturated/α-hetero) is 1. The molecule has 176 valence electrons. The van der Waals surface area contributed by atoms with E-state index in [1.807, 2.05) is 0 Å². The van der Waals surface area contributed by atoms with E-state index in [0.717, 1.165) is 5.06 Å². The highest BCUT2D eigenvalue weighted by molar-refractivity contribution is 6.32. The van der Waals surface area contributed by atoms with Crippen molar-refractivity contribution >= 4 is 45.9 Å². The van der Waals surface area contributed by atoms with Crippen LogP contribution in [0.15, 0.2) is 42.6 Å². The molecule has 1 heterocycles. The van der Waals surface area contributed by atoms with E-state index < -0.39 is 17.3 Å². The number of hydrogen-bond donors (Lipinski definition) is 0. The van der Waals surface area contributed by atoms with Gasteiger partial charge in [-0.2, -0.15) is 5.26 Å². The first-order chi connectivity index (χ1) is 16.3. The summed E-state index contributed by atoms with van der Waals surface area (Å²) in [7, 11) is 1.25. The summed E-state index contributed by atoms with van der Waals surface area (Å²) in [4.78, 5) is 39.4. The Hall–Kier alpha value is -3.45. The second-order valence-electron chi connectivity index (χ2n) is 6.89. The predicted molar refractivity (Wildman–Crippen MR) is 125 cm³/mol. The van der Waals surface area contributed by atoms with Crippen molar-refractivity contribution in [2.75, 3.05) is 13.7 Å². The Bertz CT molecular complexity index is 1280. The molecule has 0 aliphatic heterocycles. The number of rotatable bonds is 9. The number of ketones is 1. The predicted octanol–water partition coefficient (Wildman–Crippen LogP) is 4.76. The summed E-state index contributed by atoms with van der Waals surface area (Å²) in [5, 5.41) is 11.3. The summed E-state index contributed by atoms with van der Waals surface area (Å²) < 4.78 is 11.5. The van der Waals surface area contributed by atoms with Gasteiger partial charge < -0.3 is 9.47 Å². The van der Waals surface area contributed by atoms with E-state index in [4.69, 9.17) is 37.5 Å². The number of aromatic nitrogens is 2. The van der Waals surface area contributed by atoms with Crippen LogP contribution < -0.4 is 9.47 Å². The van der Waals surface area contributed by atoms with Gasteiger partial charge in [0.2, 0.25) is 11.7 Å². The molecule has 0 radical (unpaired) electrons. The number of fused-ring (bicyclic) bond motifs is 1. The van der Waals surface area contributed by atoms with Crippen molar-refractivity contribution in [3.8, 4) is 23.4 Å². The van der Waals surface area contributed by atoms with Crippen LogP contribution in [0.25, 0.3) is 11.0 Å². The van der Waals surface area contributed by atoms with Gasteiger partial charge in [0.15, 0.2) is 0 Å². The third-order valence-corrected chi connectivity index (χ3v) is 5.32. The van der Waals surface area contributed by atoms with Gasteiger partial charge in [-0.15, -0.1) is 0 Å². The first-order valence-electron chi connectivity index (χ1n) is 10.2. The summed E-state index contributed by atoms with van der Waals surface area (Å²) in [5.74, 6) is -1.43. The topological polar surface area (TPSA) is 115 Å². The highest BCUT2D eigenvalue weighted by Gasteiger charge is 2.51. The Labute approximate surface area is 205 Å². The van der Waals surface area contributed by atoms with E-state index in [-0.39, 0.29) is 35.4 Å². The molecule has 0 aliphatic carbocycles. The fourth-order valence-corrected chi connectivity index (χ4v) is 3.38. The standard InChI is InChI=1S/C23H20Cl2N4O5/c1-4-20(30)23(13-26,22(31)29(5-2)32-3)34-19-11-15(7-8-16(19)25)33-21-12-27-18-10-14(24)6-9-17(18)28-21/h6-12H,4-5H2,1-3H3. The van der Waals surface area contributed by atoms with Gasteiger partial charge in [-0.3, -0.25) is 14.4 Å². The maximum absolute atomic E-state index is 13.0. The Kier molecular flexibility index (Phi) is 7.89. The van der Waals surface area contributed by atoms with Crippen molar-refractivity contribution in [2.45, 2.75) is 25.9 Å². The molecule has 1 atom stereocenters. The number of halogens is 2. The number of carbonyl (C=O) groups is 2. The van der Waals surface area contributed by atoms with Gasteiger partial charge in [0.25, 0.3) is 0 Å². The van der Waals surface area contributed by atoms with Gasteiger partial charge in [-0.25, -0.2) is 15.0 Å². The molecule has 0 spiro atoms. The first kappa shape index (κ1) is 25.2. The molecular formula is C23H20Cl2N4O5. The van der Waals surface area contributed by atoms with E-state index in [1.165, 1.54) is 38.4 Å². The molecule has 1 aromatic heterocycles. The lowest BCUT2D eigenvalue weighted by atomic mass is 9.96. The number of nitriles is 1. The maximum atomic E-state index is 13.0. The zero-order chi connectivity index (χ0) is 24.9. The molecule has 0 N–H and O–H groups in total. The largest absolute Gasteiger partial charge is 0.455 e. The van der Waals surface area contributed by atoms with Crippen LogP contribution in [0.3, 0.4) is 0 Å². The number of hydrogen-bond acceptors (Lipinski definition) is 8. The van der Waals surface area contributed by atoms with Gasteiger partial charge in [0, 0.05) is 24.1 Å². The average Bonchev–Trinajstić information content (AvgIpc) is 2.84. The molecule has 0 aliphatic rings. The van der Waals surface area contributed by atoms with Crippen LogP contribution in [0.4, 0.5) is 0 Å². The van der Waals surface area contributed by atoms with Gasteiger partial charge >= 0.3 is 11.5 Å². The number of ether oxygens (including phenoxy) is 2. The van der Waals surface area contributed by atoms with E-state index >= 15 is 0 Å². The van der Waals surface area contributed by atoms with Gasteiger partial charge in [-0.1, -0.05) is 30.1 Å². The van der Waals surface area contributed by atoms with Crippen molar-refractivity contribution in [2.24, 2.45) is 0 Å². The van der Waals surface area contributed by atoms with Crippen LogP contribution in [0.1, 0.15) is 20.3 Å². The second kappa shape index (κ2) is 10.7. The highest BCUT2D eigenvalue weighted by Crippen LogP contribution is 2.35. The van der Waals surface area contributed by atoms with Gasteiger partial charge in [0.1, 0.15) is 17.6 Å². The minimum Gasteiger partial charge on any atom is -0.455 e. The molecule has 1 amide bonds. The molecule has 9 nitrogen and oxygen atoms in total. The molecule has 0 saturated carbocycles. The fourth-order valence-electron chi connectivity index (χ4n) is 3.06. The van der Waals surface area contributed by atoms with Crippen molar-refractivity contribution in [1.82, 2.24) is 15.0 Å². The Morgan fingerprint density at radius 3 is 2.56 bits per heavy atom. The van der Waals surface area contributed by atoms with Crippen LogP contribution in [0.5, 0.6) is 17.4 Å². The molecule has 34 heavy (non-hydrogen) atoms. The number of benzene rings is 2. The average molecular weight is 503 g/mol.